The van der Waals surface area contributed by atoms with E-state index < -0.39 is 0 Å². The van der Waals surface area contributed by atoms with E-state index in [4.69, 9.17) is 4.98 Å². The Bertz CT molecular complexity index is 1140. The molecule has 140 valence electrons. The third-order valence-electron chi connectivity index (χ3n) is 4.66. The van der Waals surface area contributed by atoms with Gasteiger partial charge in [-0.15, -0.1) is 0 Å². The van der Waals surface area contributed by atoms with E-state index >= 15 is 0 Å². The summed E-state index contributed by atoms with van der Waals surface area (Å²) in [7, 11) is 5.93. The lowest BCUT2D eigenvalue weighted by atomic mass is 9.99. The zero-order valence-corrected chi connectivity index (χ0v) is 17.5. The van der Waals surface area contributed by atoms with Crippen molar-refractivity contribution in [2.24, 2.45) is 0 Å². The Morgan fingerprint density at radius 3 is 2.39 bits per heavy atom. The van der Waals surface area contributed by atoms with Gasteiger partial charge in [0.2, 0.25) is 0 Å². The standard InChI is InChI=1S/C22H20BrN5/c1-24-21-20-18(15-5-4-6-16(23)11-15)12-19(27-22(20)26-13-25-21)14-7-9-17(10-8-14)28(2)3/h4-13H,1-3H3,(H,24,25,26,27). The van der Waals surface area contributed by atoms with Gasteiger partial charge in [-0.3, -0.25) is 0 Å². The summed E-state index contributed by atoms with van der Waals surface area (Å²) in [6.45, 7) is 0. The quantitative estimate of drug-likeness (QED) is 0.477. The highest BCUT2D eigenvalue weighted by molar-refractivity contribution is 9.10. The lowest BCUT2D eigenvalue weighted by Gasteiger charge is -2.14. The van der Waals surface area contributed by atoms with Gasteiger partial charge in [0.25, 0.3) is 0 Å². The minimum absolute atomic E-state index is 0.670. The van der Waals surface area contributed by atoms with Crippen LogP contribution < -0.4 is 10.2 Å². The highest BCUT2D eigenvalue weighted by atomic mass is 79.9. The molecule has 4 aromatic rings. The molecule has 0 amide bonds. The summed E-state index contributed by atoms with van der Waals surface area (Å²) < 4.78 is 1.02. The van der Waals surface area contributed by atoms with Crippen LogP contribution in [0.3, 0.4) is 0 Å². The van der Waals surface area contributed by atoms with Crippen molar-refractivity contribution in [3.8, 4) is 22.4 Å². The van der Waals surface area contributed by atoms with Gasteiger partial charge in [-0.25, -0.2) is 15.0 Å². The molecule has 5 nitrogen and oxygen atoms in total. The van der Waals surface area contributed by atoms with E-state index in [0.717, 1.165) is 43.7 Å². The Balaban J connectivity index is 1.97. The molecule has 0 atom stereocenters. The first-order valence-electron chi connectivity index (χ1n) is 8.94. The number of benzene rings is 2. The van der Waals surface area contributed by atoms with E-state index in [0.29, 0.717) is 5.65 Å². The Hall–Kier alpha value is -2.99. The van der Waals surface area contributed by atoms with E-state index in [1.807, 2.05) is 33.3 Å². The molecule has 0 saturated heterocycles. The van der Waals surface area contributed by atoms with Crippen LogP contribution in [0.2, 0.25) is 0 Å². The number of halogens is 1. The van der Waals surface area contributed by atoms with Crippen molar-refractivity contribution >= 4 is 38.5 Å². The van der Waals surface area contributed by atoms with Gasteiger partial charge in [-0.05, 0) is 41.5 Å². The average Bonchev–Trinajstić information content (AvgIpc) is 2.72. The second-order valence-corrected chi connectivity index (χ2v) is 7.59. The largest absolute Gasteiger partial charge is 0.378 e. The molecular weight excluding hydrogens is 414 g/mol. The molecule has 1 N–H and O–H groups in total. The molecule has 2 aromatic heterocycles. The van der Waals surface area contributed by atoms with Crippen molar-refractivity contribution in [1.82, 2.24) is 15.0 Å². The maximum atomic E-state index is 4.82. The van der Waals surface area contributed by atoms with E-state index in [2.05, 4.69) is 78.6 Å². The van der Waals surface area contributed by atoms with Crippen LogP contribution in [-0.2, 0) is 0 Å². The zero-order chi connectivity index (χ0) is 19.7. The fourth-order valence-electron chi connectivity index (χ4n) is 3.22. The predicted molar refractivity (Wildman–Crippen MR) is 120 cm³/mol. The summed E-state index contributed by atoms with van der Waals surface area (Å²) >= 11 is 3.58. The molecule has 6 heteroatoms. The molecule has 0 unspecified atom stereocenters. The molecule has 0 aliphatic carbocycles. The topological polar surface area (TPSA) is 53.9 Å². The summed E-state index contributed by atoms with van der Waals surface area (Å²) in [6, 6.07) is 18.7. The van der Waals surface area contributed by atoms with E-state index in [9.17, 15) is 0 Å². The summed E-state index contributed by atoms with van der Waals surface area (Å²) in [4.78, 5) is 15.7. The second kappa shape index (κ2) is 7.56. The van der Waals surface area contributed by atoms with Crippen molar-refractivity contribution in [2.45, 2.75) is 0 Å². The average molecular weight is 434 g/mol. The molecule has 28 heavy (non-hydrogen) atoms. The lowest BCUT2D eigenvalue weighted by molar-refractivity contribution is 1.13. The maximum Gasteiger partial charge on any atom is 0.165 e. The van der Waals surface area contributed by atoms with Gasteiger partial charge in [-0.1, -0.05) is 40.2 Å². The normalized spacial score (nSPS) is 10.9. The van der Waals surface area contributed by atoms with Gasteiger partial charge in [0.1, 0.15) is 12.1 Å². The van der Waals surface area contributed by atoms with E-state index in [1.165, 1.54) is 0 Å². The van der Waals surface area contributed by atoms with Crippen LogP contribution in [0.1, 0.15) is 0 Å². The molecule has 2 heterocycles. The first-order chi connectivity index (χ1) is 13.6. The van der Waals surface area contributed by atoms with Crippen LogP contribution in [-0.4, -0.2) is 36.1 Å². The predicted octanol–water partition coefficient (Wildman–Crippen LogP) is 5.23. The molecule has 0 radical (unpaired) electrons. The van der Waals surface area contributed by atoms with Gasteiger partial charge >= 0.3 is 0 Å². The van der Waals surface area contributed by atoms with Crippen LogP contribution in [0, 0.1) is 0 Å². The van der Waals surface area contributed by atoms with Crippen LogP contribution in [0.4, 0.5) is 11.5 Å². The third-order valence-corrected chi connectivity index (χ3v) is 5.15. The van der Waals surface area contributed by atoms with Crippen molar-refractivity contribution in [3.05, 3.63) is 65.4 Å². The fourth-order valence-corrected chi connectivity index (χ4v) is 3.62. The molecule has 0 aliphatic heterocycles. The Kier molecular flexibility index (Phi) is 4.96. The number of aromatic nitrogens is 3. The maximum absolute atomic E-state index is 4.82. The number of hydrogen-bond donors (Lipinski definition) is 1. The van der Waals surface area contributed by atoms with Crippen molar-refractivity contribution in [2.75, 3.05) is 31.4 Å². The molecule has 0 aliphatic rings. The highest BCUT2D eigenvalue weighted by Gasteiger charge is 2.14. The number of fused-ring (bicyclic) bond motifs is 1. The summed E-state index contributed by atoms with van der Waals surface area (Å²) in [5.74, 6) is 0.766. The number of rotatable bonds is 4. The molecule has 0 fully saturated rings. The van der Waals surface area contributed by atoms with Gasteiger partial charge in [0, 0.05) is 36.9 Å². The number of hydrogen-bond acceptors (Lipinski definition) is 5. The van der Waals surface area contributed by atoms with Gasteiger partial charge in [0.05, 0.1) is 11.1 Å². The van der Waals surface area contributed by atoms with Crippen molar-refractivity contribution in [1.29, 1.82) is 0 Å². The molecular formula is C22H20BrN5. The smallest absolute Gasteiger partial charge is 0.165 e. The number of nitrogens with one attached hydrogen (secondary N) is 1. The lowest BCUT2D eigenvalue weighted by Crippen LogP contribution is -2.08. The Morgan fingerprint density at radius 2 is 1.71 bits per heavy atom. The van der Waals surface area contributed by atoms with E-state index in [1.54, 1.807) is 6.33 Å². The summed E-state index contributed by atoms with van der Waals surface area (Å²) in [6.07, 6.45) is 1.55. The van der Waals surface area contributed by atoms with Crippen LogP contribution in [0.15, 0.2) is 65.4 Å². The van der Waals surface area contributed by atoms with Crippen LogP contribution in [0.25, 0.3) is 33.4 Å². The summed E-state index contributed by atoms with van der Waals surface area (Å²) in [5.41, 5.74) is 5.88. The molecule has 0 bridgehead atoms. The molecule has 2 aromatic carbocycles. The first kappa shape index (κ1) is 18.4. The Morgan fingerprint density at radius 1 is 0.929 bits per heavy atom. The minimum Gasteiger partial charge on any atom is -0.378 e. The molecule has 4 rings (SSSR count). The summed E-state index contributed by atoms with van der Waals surface area (Å²) in [5, 5.41) is 4.08. The van der Waals surface area contributed by atoms with E-state index in [-0.39, 0.29) is 0 Å². The SMILES string of the molecule is CNc1ncnc2nc(-c3ccc(N(C)C)cc3)cc(-c3cccc(Br)c3)c12. The number of nitrogens with zero attached hydrogens (tertiary/aromatic N) is 4. The Labute approximate surface area is 172 Å². The highest BCUT2D eigenvalue weighted by Crippen LogP contribution is 2.35. The van der Waals surface area contributed by atoms with Gasteiger partial charge in [-0.2, -0.15) is 0 Å². The van der Waals surface area contributed by atoms with Crippen molar-refractivity contribution < 1.29 is 0 Å². The van der Waals surface area contributed by atoms with Crippen LogP contribution >= 0.6 is 15.9 Å². The third kappa shape index (κ3) is 3.43. The monoisotopic (exact) mass is 433 g/mol. The van der Waals surface area contributed by atoms with Crippen molar-refractivity contribution in [3.63, 3.8) is 0 Å². The second-order valence-electron chi connectivity index (χ2n) is 6.68. The number of anilines is 2. The first-order valence-corrected chi connectivity index (χ1v) is 9.73. The van der Waals surface area contributed by atoms with Gasteiger partial charge < -0.3 is 10.2 Å². The zero-order valence-electron chi connectivity index (χ0n) is 15.9. The van der Waals surface area contributed by atoms with Gasteiger partial charge in [0.15, 0.2) is 5.65 Å². The molecule has 0 spiro atoms. The number of pyridine rings is 1. The fraction of sp³-hybridized carbons (Fsp3) is 0.136. The minimum atomic E-state index is 0.670. The van der Waals surface area contributed by atoms with Crippen LogP contribution in [0.5, 0.6) is 0 Å². The molecule has 0 saturated carbocycles.